The quantitative estimate of drug-likeness (QED) is 0.532. The minimum Gasteiger partial charge on any atom is -0.461 e. The lowest BCUT2D eigenvalue weighted by Gasteiger charge is -2.12. The van der Waals surface area contributed by atoms with Crippen LogP contribution in [0.25, 0.3) is 11.7 Å². The lowest BCUT2D eigenvalue weighted by Crippen LogP contribution is -2.09. The van der Waals surface area contributed by atoms with E-state index in [1.54, 1.807) is 49.4 Å². The summed E-state index contributed by atoms with van der Waals surface area (Å²) in [5, 5.41) is 0. The van der Waals surface area contributed by atoms with Gasteiger partial charge in [0.2, 0.25) is 0 Å². The van der Waals surface area contributed by atoms with Crippen LogP contribution in [0.5, 0.6) is 0 Å². The maximum Gasteiger partial charge on any atom is 0.356 e. The molecule has 8 heteroatoms. The van der Waals surface area contributed by atoms with Crippen molar-refractivity contribution in [3.8, 4) is 0 Å². The van der Waals surface area contributed by atoms with E-state index in [0.29, 0.717) is 17.0 Å². The van der Waals surface area contributed by atoms with E-state index in [9.17, 15) is 9.36 Å². The zero-order valence-electron chi connectivity index (χ0n) is 14.0. The molecule has 0 saturated carbocycles. The van der Waals surface area contributed by atoms with Crippen LogP contribution in [-0.2, 0) is 18.3 Å². The van der Waals surface area contributed by atoms with Crippen LogP contribution >= 0.6 is 7.60 Å². The van der Waals surface area contributed by atoms with Crippen molar-refractivity contribution in [1.29, 1.82) is 0 Å². The summed E-state index contributed by atoms with van der Waals surface area (Å²) in [5.41, 5.74) is 1.50. The first-order valence-electron chi connectivity index (χ1n) is 7.76. The molecule has 0 spiro atoms. The molecule has 0 N–H and O–H groups in total. The molecule has 2 aromatic rings. The number of pyridine rings is 1. The van der Waals surface area contributed by atoms with Crippen molar-refractivity contribution in [3.05, 3.63) is 41.6 Å². The summed E-state index contributed by atoms with van der Waals surface area (Å²) in [6, 6.07) is 5.34. The molecule has 0 amide bonds. The van der Waals surface area contributed by atoms with Crippen molar-refractivity contribution in [2.24, 2.45) is 0 Å². The summed E-state index contributed by atoms with van der Waals surface area (Å²) in [4.78, 5) is 16.3. The third-order valence-corrected chi connectivity index (χ3v) is 4.84. The Morgan fingerprint density at radius 3 is 2.54 bits per heavy atom. The first kappa shape index (κ1) is 18.4. The van der Waals surface area contributed by atoms with E-state index in [1.165, 1.54) is 12.0 Å². The average Bonchev–Trinajstić information content (AvgIpc) is 2.98. The minimum absolute atomic E-state index is 0.269. The van der Waals surface area contributed by atoms with Crippen LogP contribution in [0.1, 0.15) is 37.0 Å². The highest BCUT2D eigenvalue weighted by Crippen LogP contribution is 2.50. The Hall–Kier alpha value is -1.95. The van der Waals surface area contributed by atoms with Crippen LogP contribution in [-0.4, -0.2) is 35.2 Å². The van der Waals surface area contributed by atoms with E-state index < -0.39 is 13.6 Å². The largest absolute Gasteiger partial charge is 0.461 e. The first-order valence-corrected chi connectivity index (χ1v) is 9.37. The molecule has 2 heterocycles. The van der Waals surface area contributed by atoms with Gasteiger partial charge in [-0.3, -0.25) is 8.97 Å². The summed E-state index contributed by atoms with van der Waals surface area (Å²) >= 11 is 0. The lowest BCUT2D eigenvalue weighted by molar-refractivity contribution is 0.0518. The molecule has 0 aliphatic carbocycles. The molecule has 0 fully saturated rings. The second-order valence-electron chi connectivity index (χ2n) is 4.70. The van der Waals surface area contributed by atoms with Crippen molar-refractivity contribution in [1.82, 2.24) is 9.38 Å². The summed E-state index contributed by atoms with van der Waals surface area (Å²) in [5.74, 6) is 0.924. The van der Waals surface area contributed by atoms with Crippen LogP contribution in [0, 0.1) is 0 Å². The van der Waals surface area contributed by atoms with Gasteiger partial charge in [0.15, 0.2) is 5.69 Å². The van der Waals surface area contributed by atoms with Crippen molar-refractivity contribution in [2.45, 2.75) is 20.8 Å². The van der Waals surface area contributed by atoms with Crippen molar-refractivity contribution < 1.29 is 23.1 Å². The number of imidazole rings is 1. The van der Waals surface area contributed by atoms with Crippen molar-refractivity contribution in [3.63, 3.8) is 0 Å². The second kappa shape index (κ2) is 8.24. The summed E-state index contributed by atoms with van der Waals surface area (Å²) in [7, 11) is -3.33. The van der Waals surface area contributed by atoms with Crippen molar-refractivity contribution >= 4 is 25.3 Å². The molecule has 2 aromatic heterocycles. The Morgan fingerprint density at radius 1 is 1.21 bits per heavy atom. The van der Waals surface area contributed by atoms with E-state index in [2.05, 4.69) is 4.98 Å². The number of ether oxygens (including phenoxy) is 1. The van der Waals surface area contributed by atoms with E-state index in [1.807, 2.05) is 0 Å². The molecule has 0 atom stereocenters. The number of carbonyl (C=O) groups excluding carboxylic acids is 1. The molecular formula is C16H21N2O5P. The molecule has 0 bridgehead atoms. The molecule has 130 valence electrons. The first-order chi connectivity index (χ1) is 11.5. The van der Waals surface area contributed by atoms with Gasteiger partial charge < -0.3 is 13.8 Å². The van der Waals surface area contributed by atoms with E-state index >= 15 is 0 Å². The normalized spacial score (nSPS) is 12.1. The van der Waals surface area contributed by atoms with Gasteiger partial charge >= 0.3 is 13.6 Å². The Balaban J connectivity index is 2.45. The number of nitrogens with zero attached hydrogens (tertiary/aromatic N) is 2. The van der Waals surface area contributed by atoms with E-state index in [-0.39, 0.29) is 19.8 Å². The van der Waals surface area contributed by atoms with Crippen LogP contribution in [0.2, 0.25) is 0 Å². The topological polar surface area (TPSA) is 79.1 Å². The standard InChI is InChI=1S/C16H21N2O5P/c1-4-21-16(19)14-12-17-15-9-7-8-13(18(14)15)10-11-24(20,22-5-2)23-6-3/h7-12H,4-6H2,1-3H3. The average molecular weight is 352 g/mol. The van der Waals surface area contributed by atoms with Crippen molar-refractivity contribution in [2.75, 3.05) is 19.8 Å². The fourth-order valence-corrected chi connectivity index (χ4v) is 3.49. The number of fused-ring (bicyclic) bond motifs is 1. The fraction of sp³-hybridized carbons (Fsp3) is 0.375. The number of hydrogen-bond acceptors (Lipinski definition) is 6. The van der Waals surface area contributed by atoms with Crippen LogP contribution in [0.4, 0.5) is 0 Å². The molecule has 0 aromatic carbocycles. The fourth-order valence-electron chi connectivity index (χ4n) is 2.19. The lowest BCUT2D eigenvalue weighted by atomic mass is 10.3. The van der Waals surface area contributed by atoms with Gasteiger partial charge in [-0.25, -0.2) is 9.78 Å². The zero-order chi connectivity index (χ0) is 17.6. The van der Waals surface area contributed by atoms with Gasteiger partial charge in [0.1, 0.15) is 5.65 Å². The smallest absolute Gasteiger partial charge is 0.356 e. The maximum atomic E-state index is 12.5. The van der Waals surface area contributed by atoms with Gasteiger partial charge in [-0.2, -0.15) is 0 Å². The zero-order valence-corrected chi connectivity index (χ0v) is 14.9. The molecule has 7 nitrogen and oxygen atoms in total. The predicted molar refractivity (Wildman–Crippen MR) is 91.0 cm³/mol. The predicted octanol–water partition coefficient (Wildman–Crippen LogP) is 3.75. The van der Waals surface area contributed by atoms with E-state index in [4.69, 9.17) is 13.8 Å². The van der Waals surface area contributed by atoms with Crippen LogP contribution in [0.3, 0.4) is 0 Å². The van der Waals surface area contributed by atoms with Gasteiger partial charge in [-0.15, -0.1) is 0 Å². The van der Waals surface area contributed by atoms with Crippen LogP contribution < -0.4 is 0 Å². The molecular weight excluding hydrogens is 331 g/mol. The molecule has 24 heavy (non-hydrogen) atoms. The van der Waals surface area contributed by atoms with Crippen LogP contribution in [0.15, 0.2) is 30.2 Å². The van der Waals surface area contributed by atoms with Gasteiger partial charge in [-0.05, 0) is 39.0 Å². The third-order valence-electron chi connectivity index (χ3n) is 3.09. The number of carbonyl (C=O) groups is 1. The summed E-state index contributed by atoms with van der Waals surface area (Å²) < 4.78 is 29.7. The third kappa shape index (κ3) is 4.12. The molecule has 0 radical (unpaired) electrons. The number of hydrogen-bond donors (Lipinski definition) is 0. The molecule has 0 unspecified atom stereocenters. The Kier molecular flexibility index (Phi) is 6.31. The van der Waals surface area contributed by atoms with Gasteiger partial charge in [0.05, 0.1) is 26.0 Å². The SMILES string of the molecule is CCOC(=O)c1cnc2cccc(C=CP(=O)(OCC)OCC)n12. The van der Waals surface area contributed by atoms with Gasteiger partial charge in [-0.1, -0.05) is 6.07 Å². The second-order valence-corrected chi connectivity index (χ2v) is 6.59. The summed E-state index contributed by atoms with van der Waals surface area (Å²) in [6.45, 7) is 6.04. The molecule has 0 aliphatic rings. The highest BCUT2D eigenvalue weighted by atomic mass is 31.2. The number of aromatic nitrogens is 2. The monoisotopic (exact) mass is 352 g/mol. The summed E-state index contributed by atoms with van der Waals surface area (Å²) in [6.07, 6.45) is 3.05. The highest BCUT2D eigenvalue weighted by molar-refractivity contribution is 7.57. The number of rotatable bonds is 8. The minimum atomic E-state index is -3.33. The van der Waals surface area contributed by atoms with Gasteiger partial charge in [0, 0.05) is 11.5 Å². The molecule has 0 saturated heterocycles. The Morgan fingerprint density at radius 2 is 1.92 bits per heavy atom. The van der Waals surface area contributed by atoms with Gasteiger partial charge in [0.25, 0.3) is 0 Å². The molecule has 2 rings (SSSR count). The highest BCUT2D eigenvalue weighted by Gasteiger charge is 2.20. The molecule has 0 aliphatic heterocycles. The number of esters is 1. The van der Waals surface area contributed by atoms with E-state index in [0.717, 1.165) is 0 Å². The Bertz CT molecular complexity index is 774. The maximum absolute atomic E-state index is 12.5. The Labute approximate surface area is 140 Å².